The largest absolute Gasteiger partial charge is 0.573 e. The molecule has 0 atom stereocenters. The van der Waals surface area contributed by atoms with Gasteiger partial charge < -0.3 is 14.6 Å². The first-order valence-corrected chi connectivity index (χ1v) is 4.87. The van der Waals surface area contributed by atoms with Crippen LogP contribution in [0.4, 0.5) is 17.6 Å². The van der Waals surface area contributed by atoms with Crippen LogP contribution in [0.3, 0.4) is 0 Å². The maximum absolute atomic E-state index is 12.7. The average molecular weight is 283 g/mol. The quantitative estimate of drug-likeness (QED) is 0.838. The van der Waals surface area contributed by atoms with Gasteiger partial charge in [0.25, 0.3) is 0 Å². The van der Waals surface area contributed by atoms with Gasteiger partial charge in [0.15, 0.2) is 11.5 Å². The van der Waals surface area contributed by atoms with Gasteiger partial charge in [-0.3, -0.25) is 9.78 Å². The Kier molecular flexibility index (Phi) is 4.52. The van der Waals surface area contributed by atoms with Gasteiger partial charge in [-0.25, -0.2) is 4.39 Å². The van der Waals surface area contributed by atoms with Crippen LogP contribution in [0.25, 0.3) is 0 Å². The van der Waals surface area contributed by atoms with Crippen LogP contribution in [0.5, 0.6) is 11.5 Å². The lowest BCUT2D eigenvalue weighted by atomic mass is 10.2. The number of aromatic nitrogens is 1. The molecule has 0 aliphatic carbocycles. The maximum atomic E-state index is 12.7. The lowest BCUT2D eigenvalue weighted by molar-refractivity contribution is -0.275. The number of halogens is 4. The first-order chi connectivity index (χ1) is 8.76. The van der Waals surface area contributed by atoms with E-state index >= 15 is 0 Å². The Hall–Kier alpha value is -2.06. The Morgan fingerprint density at radius 2 is 2.11 bits per heavy atom. The zero-order chi connectivity index (χ0) is 14.6. The topological polar surface area (TPSA) is 68.7 Å². The minimum absolute atomic E-state index is 0.264. The van der Waals surface area contributed by atoms with E-state index in [1.54, 1.807) is 0 Å². The number of hydrogen-bond donors (Lipinski definition) is 1. The maximum Gasteiger partial charge on any atom is 0.573 e. The molecule has 0 aliphatic rings. The van der Waals surface area contributed by atoms with Crippen LogP contribution >= 0.6 is 0 Å². The van der Waals surface area contributed by atoms with Gasteiger partial charge >= 0.3 is 12.3 Å². The summed E-state index contributed by atoms with van der Waals surface area (Å²) >= 11 is 0. The highest BCUT2D eigenvalue weighted by Gasteiger charge is 2.33. The summed E-state index contributed by atoms with van der Waals surface area (Å²) in [7, 11) is 1.02. The molecule has 1 aromatic heterocycles. The second kappa shape index (κ2) is 5.72. The lowest BCUT2D eigenvalue weighted by Crippen LogP contribution is -2.18. The number of nitrogens with zero attached hydrogens (tertiary/aromatic N) is 1. The number of methoxy groups -OCH3 is 1. The first kappa shape index (κ1) is 15.0. The van der Waals surface area contributed by atoms with Crippen molar-refractivity contribution in [3.05, 3.63) is 17.5 Å². The van der Waals surface area contributed by atoms with Crippen LogP contribution in [-0.2, 0) is 17.9 Å². The fourth-order valence-corrected chi connectivity index (χ4v) is 1.37. The van der Waals surface area contributed by atoms with E-state index in [0.717, 1.165) is 13.2 Å². The Bertz CT molecular complexity index is 475. The summed E-state index contributed by atoms with van der Waals surface area (Å²) in [6.07, 6.45) is -5.67. The van der Waals surface area contributed by atoms with Gasteiger partial charge in [-0.1, -0.05) is 0 Å². The van der Waals surface area contributed by atoms with Crippen molar-refractivity contribution in [3.63, 3.8) is 0 Å². The molecular formula is C10H9F4NO4. The summed E-state index contributed by atoms with van der Waals surface area (Å²) in [5, 5.41) is 8.55. The standard InChI is InChI=1S/C10H9F4NO4/c1-18-9-6(4-11)15-5(3-8(16)17)2-7(9)19-10(12,13)14/h2H,3-4H2,1H3,(H,16,17). The molecule has 1 heterocycles. The predicted molar refractivity (Wildman–Crippen MR) is 53.6 cm³/mol. The number of aliphatic carboxylic acids is 1. The molecule has 106 valence electrons. The van der Waals surface area contributed by atoms with Crippen LogP contribution in [0.2, 0.25) is 0 Å². The van der Waals surface area contributed by atoms with Crippen LogP contribution in [0, 0.1) is 0 Å². The molecule has 19 heavy (non-hydrogen) atoms. The van der Waals surface area contributed by atoms with Gasteiger partial charge in [0.05, 0.1) is 19.2 Å². The van der Waals surface area contributed by atoms with E-state index in [0.29, 0.717) is 0 Å². The van der Waals surface area contributed by atoms with Crippen LogP contribution < -0.4 is 9.47 Å². The molecule has 0 fully saturated rings. The molecule has 0 bridgehead atoms. The molecule has 1 rings (SSSR count). The Morgan fingerprint density at radius 1 is 1.47 bits per heavy atom. The average Bonchev–Trinajstić information content (AvgIpc) is 2.25. The fourth-order valence-electron chi connectivity index (χ4n) is 1.37. The van der Waals surface area contributed by atoms with Crippen molar-refractivity contribution in [3.8, 4) is 11.5 Å². The number of alkyl halides is 4. The number of hydrogen-bond acceptors (Lipinski definition) is 4. The summed E-state index contributed by atoms with van der Waals surface area (Å²) in [4.78, 5) is 14.1. The highest BCUT2D eigenvalue weighted by molar-refractivity contribution is 5.70. The number of carbonyl (C=O) groups is 1. The van der Waals surface area contributed by atoms with Crippen molar-refractivity contribution in [2.45, 2.75) is 19.5 Å². The molecule has 0 amide bonds. The molecule has 0 radical (unpaired) electrons. The molecule has 9 heteroatoms. The minimum atomic E-state index is -5.01. The van der Waals surface area contributed by atoms with Crippen molar-refractivity contribution in [1.29, 1.82) is 0 Å². The molecule has 1 N–H and O–H groups in total. The monoisotopic (exact) mass is 283 g/mol. The van der Waals surface area contributed by atoms with Gasteiger partial charge in [0, 0.05) is 6.07 Å². The van der Waals surface area contributed by atoms with Crippen LogP contribution in [0.15, 0.2) is 6.07 Å². The van der Waals surface area contributed by atoms with Crippen molar-refractivity contribution in [2.24, 2.45) is 0 Å². The molecule has 0 saturated heterocycles. The van der Waals surface area contributed by atoms with Crippen molar-refractivity contribution < 1.29 is 36.9 Å². The van der Waals surface area contributed by atoms with E-state index in [2.05, 4.69) is 14.5 Å². The Morgan fingerprint density at radius 3 is 2.53 bits per heavy atom. The van der Waals surface area contributed by atoms with Gasteiger partial charge in [0.2, 0.25) is 0 Å². The predicted octanol–water partition coefficient (Wildman–Crippen LogP) is 2.09. The van der Waals surface area contributed by atoms with E-state index in [1.807, 2.05) is 0 Å². The number of pyridine rings is 1. The molecule has 0 unspecified atom stereocenters. The number of rotatable bonds is 5. The Labute approximate surface area is 104 Å². The van der Waals surface area contributed by atoms with Crippen LogP contribution in [0.1, 0.15) is 11.4 Å². The third-order valence-corrected chi connectivity index (χ3v) is 1.95. The number of carboxylic acid groups (broad SMARTS) is 1. The molecule has 0 saturated carbocycles. The highest BCUT2D eigenvalue weighted by Crippen LogP contribution is 2.35. The SMILES string of the molecule is COc1c(OC(F)(F)F)cc(CC(=O)O)nc1CF. The minimum Gasteiger partial charge on any atom is -0.491 e. The molecule has 5 nitrogen and oxygen atoms in total. The van der Waals surface area contributed by atoms with E-state index < -0.39 is 42.6 Å². The van der Waals surface area contributed by atoms with Crippen LogP contribution in [-0.4, -0.2) is 29.5 Å². The molecule has 1 aromatic rings. The lowest BCUT2D eigenvalue weighted by Gasteiger charge is -2.15. The molecule has 0 aliphatic heterocycles. The third kappa shape index (κ3) is 4.27. The highest BCUT2D eigenvalue weighted by atomic mass is 19.4. The van der Waals surface area contributed by atoms with Crippen molar-refractivity contribution in [1.82, 2.24) is 4.98 Å². The summed E-state index contributed by atoms with van der Waals surface area (Å²) in [5.41, 5.74) is -0.722. The van der Waals surface area contributed by atoms with Gasteiger partial charge in [-0.2, -0.15) is 0 Å². The summed E-state index contributed by atoms with van der Waals surface area (Å²) in [6.45, 7) is -1.22. The number of ether oxygens (including phenoxy) is 2. The fraction of sp³-hybridized carbons (Fsp3) is 0.400. The molecule has 0 aromatic carbocycles. The normalized spacial score (nSPS) is 11.2. The number of carboxylic acids is 1. The van der Waals surface area contributed by atoms with Gasteiger partial charge in [0.1, 0.15) is 12.4 Å². The van der Waals surface area contributed by atoms with E-state index in [4.69, 9.17) is 5.11 Å². The van der Waals surface area contributed by atoms with Crippen molar-refractivity contribution in [2.75, 3.05) is 7.11 Å². The first-order valence-electron chi connectivity index (χ1n) is 4.87. The second-order valence-corrected chi connectivity index (χ2v) is 3.34. The zero-order valence-electron chi connectivity index (χ0n) is 9.62. The molecule has 0 spiro atoms. The summed E-state index contributed by atoms with van der Waals surface area (Å²) in [6, 6.07) is 0.750. The van der Waals surface area contributed by atoms with E-state index in [1.165, 1.54) is 0 Å². The smallest absolute Gasteiger partial charge is 0.491 e. The van der Waals surface area contributed by atoms with E-state index in [-0.39, 0.29) is 5.69 Å². The third-order valence-electron chi connectivity index (χ3n) is 1.95. The zero-order valence-corrected chi connectivity index (χ0v) is 9.62. The van der Waals surface area contributed by atoms with Crippen molar-refractivity contribution >= 4 is 5.97 Å². The van der Waals surface area contributed by atoms with E-state index in [9.17, 15) is 22.4 Å². The van der Waals surface area contributed by atoms with Gasteiger partial charge in [-0.15, -0.1) is 13.2 Å². The second-order valence-electron chi connectivity index (χ2n) is 3.34. The Balaban J connectivity index is 3.27. The van der Waals surface area contributed by atoms with Gasteiger partial charge in [-0.05, 0) is 0 Å². The summed E-state index contributed by atoms with van der Waals surface area (Å²) in [5.74, 6) is -2.66. The molecular weight excluding hydrogens is 274 g/mol. The summed E-state index contributed by atoms with van der Waals surface area (Å²) < 4.78 is 57.5.